The van der Waals surface area contributed by atoms with Gasteiger partial charge >= 0.3 is 5.69 Å². The summed E-state index contributed by atoms with van der Waals surface area (Å²) in [5, 5.41) is 1.99. The molecular formula is C28H28ClN5O. The number of imidazole rings is 1. The molecule has 1 aliphatic heterocycles. The number of nitrogens with one attached hydrogen (secondary N) is 2. The molecule has 0 saturated carbocycles. The van der Waals surface area contributed by atoms with Crippen molar-refractivity contribution < 1.29 is 0 Å². The lowest BCUT2D eigenvalue weighted by Gasteiger charge is -2.36. The zero-order valence-corrected chi connectivity index (χ0v) is 20.3. The monoisotopic (exact) mass is 485 g/mol. The van der Waals surface area contributed by atoms with Gasteiger partial charge in [-0.1, -0.05) is 48.0 Å². The molecule has 178 valence electrons. The Labute approximate surface area is 208 Å². The van der Waals surface area contributed by atoms with Gasteiger partial charge in [0, 0.05) is 54.8 Å². The Kier molecular flexibility index (Phi) is 5.84. The van der Waals surface area contributed by atoms with Crippen LogP contribution in [0, 0.1) is 0 Å². The smallest absolute Gasteiger partial charge is 0.326 e. The minimum atomic E-state index is -0.0613. The molecule has 0 amide bonds. The summed E-state index contributed by atoms with van der Waals surface area (Å²) in [4.78, 5) is 24.2. The van der Waals surface area contributed by atoms with Gasteiger partial charge in [-0.2, -0.15) is 0 Å². The number of halogens is 1. The molecule has 7 heteroatoms. The quantitative estimate of drug-likeness (QED) is 0.360. The Morgan fingerprint density at radius 3 is 2.57 bits per heavy atom. The van der Waals surface area contributed by atoms with Crippen LogP contribution in [0.4, 0.5) is 5.69 Å². The number of H-pyrrole nitrogens is 2. The third kappa shape index (κ3) is 4.35. The van der Waals surface area contributed by atoms with Crippen molar-refractivity contribution in [2.75, 3.05) is 37.6 Å². The summed E-state index contributed by atoms with van der Waals surface area (Å²) in [6, 6.07) is 22.3. The fourth-order valence-electron chi connectivity index (χ4n) is 5.20. The van der Waals surface area contributed by atoms with Crippen LogP contribution < -0.4 is 10.6 Å². The van der Waals surface area contributed by atoms with E-state index in [1.165, 1.54) is 10.9 Å². The van der Waals surface area contributed by atoms with Gasteiger partial charge in [-0.15, -0.1) is 0 Å². The van der Waals surface area contributed by atoms with E-state index in [4.69, 9.17) is 11.6 Å². The van der Waals surface area contributed by atoms with Crippen LogP contribution in [-0.4, -0.2) is 52.2 Å². The molecule has 0 atom stereocenters. The third-order valence-electron chi connectivity index (χ3n) is 7.11. The average molecular weight is 486 g/mol. The number of anilines is 1. The van der Waals surface area contributed by atoms with E-state index in [0.29, 0.717) is 6.54 Å². The predicted molar refractivity (Wildman–Crippen MR) is 144 cm³/mol. The first-order chi connectivity index (χ1) is 17.2. The maximum Gasteiger partial charge on any atom is 0.326 e. The van der Waals surface area contributed by atoms with Crippen molar-refractivity contribution in [3.05, 3.63) is 99.6 Å². The van der Waals surface area contributed by atoms with E-state index in [1.807, 2.05) is 47.0 Å². The molecule has 1 aliphatic rings. The van der Waals surface area contributed by atoms with Gasteiger partial charge in [-0.3, -0.25) is 9.47 Å². The molecule has 2 aromatic heterocycles. The van der Waals surface area contributed by atoms with E-state index < -0.39 is 0 Å². The molecule has 6 nitrogen and oxygen atoms in total. The number of nitrogens with zero attached hydrogens (tertiary/aromatic N) is 3. The molecule has 0 bridgehead atoms. The molecule has 6 rings (SSSR count). The highest BCUT2D eigenvalue weighted by Crippen LogP contribution is 2.27. The fourth-order valence-corrected chi connectivity index (χ4v) is 5.37. The summed E-state index contributed by atoms with van der Waals surface area (Å²) < 4.78 is 1.83. The molecule has 3 heterocycles. The van der Waals surface area contributed by atoms with Crippen molar-refractivity contribution in [1.29, 1.82) is 0 Å². The van der Waals surface area contributed by atoms with Crippen LogP contribution in [0.5, 0.6) is 0 Å². The standard InChI is InChI=1S/C28H28ClN5O/c29-22-9-10-24-23(17-22)21(18-30-24)11-12-32-13-15-33(16-14-32)25-7-4-8-26-27(25)31-28(35)34(26)19-20-5-2-1-3-6-20/h1-10,17-18,30H,11-16,19H2,(H,31,35). The Hall–Kier alpha value is -3.48. The summed E-state index contributed by atoms with van der Waals surface area (Å²) in [5.74, 6) is 0. The average Bonchev–Trinajstić information content (AvgIpc) is 3.43. The fraction of sp³-hybridized carbons (Fsp3) is 0.250. The summed E-state index contributed by atoms with van der Waals surface area (Å²) in [5.41, 5.74) is 6.50. The highest BCUT2D eigenvalue weighted by atomic mass is 35.5. The molecule has 0 spiro atoms. The van der Waals surface area contributed by atoms with Crippen molar-refractivity contribution in [3.63, 3.8) is 0 Å². The summed E-state index contributed by atoms with van der Waals surface area (Å²) >= 11 is 6.21. The molecule has 1 saturated heterocycles. The number of aromatic amines is 2. The molecule has 3 aromatic carbocycles. The van der Waals surface area contributed by atoms with Gasteiger partial charge in [0.1, 0.15) is 0 Å². The Morgan fingerprint density at radius 1 is 0.914 bits per heavy atom. The lowest BCUT2D eigenvalue weighted by atomic mass is 10.1. The van der Waals surface area contributed by atoms with Gasteiger partial charge < -0.3 is 14.9 Å². The highest BCUT2D eigenvalue weighted by Gasteiger charge is 2.21. The highest BCUT2D eigenvalue weighted by molar-refractivity contribution is 6.31. The zero-order valence-electron chi connectivity index (χ0n) is 19.5. The second-order valence-corrected chi connectivity index (χ2v) is 9.69. The van der Waals surface area contributed by atoms with E-state index in [-0.39, 0.29) is 5.69 Å². The Bertz CT molecular complexity index is 1530. The minimum Gasteiger partial charge on any atom is -0.367 e. The number of hydrogen-bond acceptors (Lipinski definition) is 3. The van der Waals surface area contributed by atoms with E-state index in [9.17, 15) is 4.79 Å². The van der Waals surface area contributed by atoms with Crippen molar-refractivity contribution >= 4 is 39.2 Å². The number of hydrogen-bond donors (Lipinski definition) is 2. The SMILES string of the molecule is O=c1[nH]c2c(N3CCN(CCc4c[nH]c5ccc(Cl)cc45)CC3)cccc2n1Cc1ccccc1. The van der Waals surface area contributed by atoms with Gasteiger partial charge in [0.2, 0.25) is 0 Å². The van der Waals surface area contributed by atoms with Gasteiger partial charge in [0.15, 0.2) is 0 Å². The molecule has 35 heavy (non-hydrogen) atoms. The van der Waals surface area contributed by atoms with E-state index in [1.54, 1.807) is 0 Å². The Morgan fingerprint density at radius 2 is 1.74 bits per heavy atom. The largest absolute Gasteiger partial charge is 0.367 e. The third-order valence-corrected chi connectivity index (χ3v) is 7.35. The van der Waals surface area contributed by atoms with E-state index in [0.717, 1.165) is 72.0 Å². The van der Waals surface area contributed by atoms with Crippen LogP contribution >= 0.6 is 11.6 Å². The lowest BCUT2D eigenvalue weighted by molar-refractivity contribution is 0.261. The number of aromatic nitrogens is 3. The number of rotatable bonds is 6. The van der Waals surface area contributed by atoms with Gasteiger partial charge in [-0.05, 0) is 47.9 Å². The molecule has 5 aromatic rings. The number of para-hydroxylation sites is 1. The zero-order chi connectivity index (χ0) is 23.8. The van der Waals surface area contributed by atoms with Crippen molar-refractivity contribution in [3.8, 4) is 0 Å². The van der Waals surface area contributed by atoms with Crippen LogP contribution in [0.25, 0.3) is 21.9 Å². The first kappa shape index (κ1) is 22.0. The van der Waals surface area contributed by atoms with E-state index in [2.05, 4.69) is 50.2 Å². The first-order valence-electron chi connectivity index (χ1n) is 12.1. The first-order valence-corrected chi connectivity index (χ1v) is 12.5. The van der Waals surface area contributed by atoms with Gasteiger partial charge in [0.05, 0.1) is 23.3 Å². The van der Waals surface area contributed by atoms with Crippen LogP contribution in [-0.2, 0) is 13.0 Å². The Balaban J connectivity index is 1.14. The molecule has 0 unspecified atom stereocenters. The summed E-state index contributed by atoms with van der Waals surface area (Å²) in [7, 11) is 0. The molecular weight excluding hydrogens is 458 g/mol. The molecule has 0 aliphatic carbocycles. The predicted octanol–water partition coefficient (Wildman–Crippen LogP) is 4.88. The number of piperazine rings is 1. The van der Waals surface area contributed by atoms with Crippen LogP contribution in [0.1, 0.15) is 11.1 Å². The maximum absolute atomic E-state index is 12.8. The number of fused-ring (bicyclic) bond motifs is 2. The summed E-state index contributed by atoms with van der Waals surface area (Å²) in [6.07, 6.45) is 3.10. The van der Waals surface area contributed by atoms with Crippen molar-refractivity contribution in [2.24, 2.45) is 0 Å². The maximum atomic E-state index is 12.8. The van der Waals surface area contributed by atoms with Crippen molar-refractivity contribution in [2.45, 2.75) is 13.0 Å². The van der Waals surface area contributed by atoms with Gasteiger partial charge in [0.25, 0.3) is 0 Å². The molecule has 2 N–H and O–H groups in total. The minimum absolute atomic E-state index is 0.0613. The molecule has 0 radical (unpaired) electrons. The van der Waals surface area contributed by atoms with E-state index >= 15 is 0 Å². The lowest BCUT2D eigenvalue weighted by Crippen LogP contribution is -2.47. The van der Waals surface area contributed by atoms with Crippen LogP contribution in [0.2, 0.25) is 5.02 Å². The van der Waals surface area contributed by atoms with Crippen LogP contribution in [0.3, 0.4) is 0 Å². The van der Waals surface area contributed by atoms with Crippen molar-refractivity contribution in [1.82, 2.24) is 19.4 Å². The van der Waals surface area contributed by atoms with Crippen LogP contribution in [0.15, 0.2) is 77.7 Å². The second-order valence-electron chi connectivity index (χ2n) is 9.26. The normalized spacial score (nSPS) is 14.8. The second kappa shape index (κ2) is 9.29. The topological polar surface area (TPSA) is 60.1 Å². The number of benzene rings is 3. The van der Waals surface area contributed by atoms with Gasteiger partial charge in [-0.25, -0.2) is 4.79 Å². The molecule has 1 fully saturated rings. The summed E-state index contributed by atoms with van der Waals surface area (Å²) in [6.45, 7) is 5.44.